The lowest BCUT2D eigenvalue weighted by molar-refractivity contribution is -0.135. The van der Waals surface area contributed by atoms with Crippen molar-refractivity contribution in [2.24, 2.45) is 0 Å². The van der Waals surface area contributed by atoms with Gasteiger partial charge in [-0.2, -0.15) is 0 Å². The Kier molecular flexibility index (Phi) is 6.51. The number of rotatable bonds is 5. The van der Waals surface area contributed by atoms with E-state index in [0.29, 0.717) is 34.7 Å². The number of phenols is 1. The molecular formula is C28H24N2O3. The van der Waals surface area contributed by atoms with E-state index >= 15 is 0 Å². The van der Waals surface area contributed by atoms with Gasteiger partial charge in [-0.05, 0) is 55.0 Å². The van der Waals surface area contributed by atoms with Crippen molar-refractivity contribution in [1.29, 1.82) is 0 Å². The number of nitrogens with zero attached hydrogens (tertiary/aromatic N) is 2. The Hall–Kier alpha value is -4.38. The van der Waals surface area contributed by atoms with Gasteiger partial charge in [0.1, 0.15) is 5.75 Å². The van der Waals surface area contributed by atoms with Crippen molar-refractivity contribution in [3.63, 3.8) is 0 Å². The fourth-order valence-corrected chi connectivity index (χ4v) is 3.81. The molecule has 0 spiro atoms. The van der Waals surface area contributed by atoms with Gasteiger partial charge in [0.2, 0.25) is 0 Å². The number of carbonyl (C=O) groups excluding carboxylic acids is 2. The Morgan fingerprint density at radius 3 is 1.48 bits per heavy atom. The Balaban J connectivity index is 1.85. The molecule has 1 N–H and O–H groups in total. The van der Waals surface area contributed by atoms with Crippen LogP contribution >= 0.6 is 0 Å². The van der Waals surface area contributed by atoms with Crippen molar-refractivity contribution >= 4 is 34.6 Å². The molecule has 0 saturated heterocycles. The van der Waals surface area contributed by atoms with Crippen molar-refractivity contribution < 1.29 is 14.7 Å². The largest absolute Gasteiger partial charge is 0.508 e. The highest BCUT2D eigenvalue weighted by atomic mass is 16.3. The molecule has 0 aromatic heterocycles. The third-order valence-corrected chi connectivity index (χ3v) is 5.35. The topological polar surface area (TPSA) is 60.9 Å². The Morgan fingerprint density at radius 2 is 1.03 bits per heavy atom. The molecule has 0 saturated carbocycles. The van der Waals surface area contributed by atoms with E-state index < -0.39 is 11.8 Å². The molecule has 0 radical (unpaired) electrons. The summed E-state index contributed by atoms with van der Waals surface area (Å²) >= 11 is 0. The molecule has 4 aromatic carbocycles. The number of phenolic OH excluding ortho intramolecular Hbond substituents is 1. The van der Waals surface area contributed by atoms with Gasteiger partial charge in [0, 0.05) is 22.6 Å². The van der Waals surface area contributed by atoms with E-state index in [9.17, 15) is 14.7 Å². The van der Waals surface area contributed by atoms with Crippen molar-refractivity contribution in [1.82, 2.24) is 0 Å². The molecule has 0 aliphatic carbocycles. The maximum absolute atomic E-state index is 13.9. The first-order valence-corrected chi connectivity index (χ1v) is 10.8. The minimum atomic E-state index is -0.728. The van der Waals surface area contributed by atoms with Gasteiger partial charge in [-0.3, -0.25) is 19.4 Å². The van der Waals surface area contributed by atoms with Crippen molar-refractivity contribution in [3.05, 3.63) is 115 Å². The van der Waals surface area contributed by atoms with Crippen LogP contribution in [0.4, 0.5) is 22.7 Å². The first-order chi connectivity index (χ1) is 16.1. The summed E-state index contributed by atoms with van der Waals surface area (Å²) in [6, 6.07) is 32.1. The molecule has 5 nitrogen and oxygen atoms in total. The van der Waals surface area contributed by atoms with Crippen LogP contribution in [0, 0.1) is 0 Å². The highest BCUT2D eigenvalue weighted by molar-refractivity contribution is 6.47. The second kappa shape index (κ2) is 9.83. The van der Waals surface area contributed by atoms with Gasteiger partial charge in [-0.25, -0.2) is 0 Å². The van der Waals surface area contributed by atoms with E-state index in [4.69, 9.17) is 0 Å². The summed E-state index contributed by atoms with van der Waals surface area (Å²) in [5, 5.41) is 10.4. The summed E-state index contributed by atoms with van der Waals surface area (Å²) in [6.07, 6.45) is 0.494. The molecule has 33 heavy (non-hydrogen) atoms. The van der Waals surface area contributed by atoms with Crippen LogP contribution in [-0.2, 0) is 16.0 Å². The number of amides is 2. The van der Waals surface area contributed by atoms with Gasteiger partial charge in [0.15, 0.2) is 0 Å². The minimum Gasteiger partial charge on any atom is -0.508 e. The fourth-order valence-electron chi connectivity index (χ4n) is 3.81. The quantitative estimate of drug-likeness (QED) is 0.391. The Morgan fingerprint density at radius 1 is 0.606 bits per heavy atom. The van der Waals surface area contributed by atoms with E-state index in [-0.39, 0.29) is 5.75 Å². The number of anilines is 4. The number of carbonyl (C=O) groups is 2. The third kappa shape index (κ3) is 4.48. The van der Waals surface area contributed by atoms with Gasteiger partial charge in [0.05, 0.1) is 5.69 Å². The van der Waals surface area contributed by atoms with Crippen molar-refractivity contribution in [3.8, 4) is 5.75 Å². The SMILES string of the molecule is CCc1c(O)cccc1N(C(=O)C(=O)N(c1ccccc1)c1ccccc1)c1ccccc1. The van der Waals surface area contributed by atoms with E-state index in [1.807, 2.05) is 49.4 Å². The number of hydrogen-bond donors (Lipinski definition) is 1. The highest BCUT2D eigenvalue weighted by Crippen LogP contribution is 2.35. The van der Waals surface area contributed by atoms with Crippen molar-refractivity contribution in [2.45, 2.75) is 13.3 Å². The van der Waals surface area contributed by atoms with Crippen LogP contribution in [0.5, 0.6) is 5.75 Å². The second-order valence-electron chi connectivity index (χ2n) is 7.42. The minimum absolute atomic E-state index is 0.0826. The van der Waals surface area contributed by atoms with Crippen LogP contribution in [0.2, 0.25) is 0 Å². The summed E-state index contributed by atoms with van der Waals surface area (Å²) in [5.74, 6) is -1.35. The highest BCUT2D eigenvalue weighted by Gasteiger charge is 2.32. The molecule has 0 bridgehead atoms. The Labute approximate surface area is 193 Å². The third-order valence-electron chi connectivity index (χ3n) is 5.35. The predicted molar refractivity (Wildman–Crippen MR) is 131 cm³/mol. The monoisotopic (exact) mass is 436 g/mol. The van der Waals surface area contributed by atoms with Crippen LogP contribution in [0.1, 0.15) is 12.5 Å². The normalized spacial score (nSPS) is 10.5. The van der Waals surface area contributed by atoms with E-state index in [2.05, 4.69) is 0 Å². The van der Waals surface area contributed by atoms with Crippen molar-refractivity contribution in [2.75, 3.05) is 9.80 Å². The number of aromatic hydroxyl groups is 1. The number of para-hydroxylation sites is 3. The zero-order chi connectivity index (χ0) is 23.2. The maximum atomic E-state index is 13.9. The van der Waals surface area contributed by atoms with E-state index in [1.54, 1.807) is 66.7 Å². The molecule has 2 amide bonds. The van der Waals surface area contributed by atoms with Gasteiger partial charge >= 0.3 is 11.8 Å². The summed E-state index contributed by atoms with van der Waals surface area (Å²) in [6.45, 7) is 1.90. The molecule has 0 aliphatic rings. The van der Waals surface area contributed by atoms with Crippen LogP contribution in [0.15, 0.2) is 109 Å². The second-order valence-corrected chi connectivity index (χ2v) is 7.42. The summed E-state index contributed by atoms with van der Waals surface area (Å²) < 4.78 is 0. The first kappa shape index (κ1) is 21.8. The lowest BCUT2D eigenvalue weighted by atomic mass is 10.1. The van der Waals surface area contributed by atoms with Crippen LogP contribution in [0.3, 0.4) is 0 Å². The van der Waals surface area contributed by atoms with Gasteiger partial charge in [-0.1, -0.05) is 67.6 Å². The van der Waals surface area contributed by atoms with Crippen LogP contribution in [-0.4, -0.2) is 16.9 Å². The molecule has 4 aromatic rings. The maximum Gasteiger partial charge on any atom is 0.321 e. The number of benzene rings is 4. The smallest absolute Gasteiger partial charge is 0.321 e. The zero-order valence-electron chi connectivity index (χ0n) is 18.3. The average molecular weight is 437 g/mol. The zero-order valence-corrected chi connectivity index (χ0v) is 18.3. The molecule has 164 valence electrons. The fraction of sp³-hybridized carbons (Fsp3) is 0.0714. The molecule has 0 aliphatic heterocycles. The molecule has 0 heterocycles. The molecular weight excluding hydrogens is 412 g/mol. The summed E-state index contributed by atoms with van der Waals surface area (Å²) in [7, 11) is 0. The summed E-state index contributed by atoms with van der Waals surface area (Å²) in [5.41, 5.74) is 2.78. The molecule has 0 unspecified atom stereocenters. The standard InChI is InChI=1S/C28H24N2O3/c1-2-24-25(19-12-20-26(24)31)30(23-17-10-5-11-18-23)28(33)27(32)29(21-13-6-3-7-14-21)22-15-8-4-9-16-22/h3-20,31H,2H2,1H3. The van der Waals surface area contributed by atoms with E-state index in [1.165, 1.54) is 9.80 Å². The van der Waals surface area contributed by atoms with Gasteiger partial charge in [-0.15, -0.1) is 0 Å². The predicted octanol–water partition coefficient (Wildman–Crippen LogP) is 5.98. The lowest BCUT2D eigenvalue weighted by Gasteiger charge is -2.29. The molecule has 5 heteroatoms. The van der Waals surface area contributed by atoms with Gasteiger partial charge < -0.3 is 5.11 Å². The number of hydrogen-bond acceptors (Lipinski definition) is 3. The molecule has 0 fully saturated rings. The van der Waals surface area contributed by atoms with E-state index in [0.717, 1.165) is 0 Å². The average Bonchev–Trinajstić information content (AvgIpc) is 2.86. The lowest BCUT2D eigenvalue weighted by Crippen LogP contribution is -2.42. The molecule has 0 atom stereocenters. The van der Waals surface area contributed by atoms with Crippen LogP contribution < -0.4 is 9.80 Å². The Bertz CT molecular complexity index is 1200. The van der Waals surface area contributed by atoms with Gasteiger partial charge in [0.25, 0.3) is 0 Å². The first-order valence-electron chi connectivity index (χ1n) is 10.8. The van der Waals surface area contributed by atoms with Crippen LogP contribution in [0.25, 0.3) is 0 Å². The molecule has 4 rings (SSSR count). The summed E-state index contributed by atoms with van der Waals surface area (Å²) in [4.78, 5) is 30.4.